The molecule has 0 radical (unpaired) electrons. The molecule has 1 unspecified atom stereocenters. The lowest BCUT2D eigenvalue weighted by Gasteiger charge is -2.21. The molecule has 0 aliphatic carbocycles. The summed E-state index contributed by atoms with van der Waals surface area (Å²) in [5, 5.41) is 15.0. The van der Waals surface area contributed by atoms with Crippen molar-refractivity contribution in [2.45, 2.75) is 32.4 Å². The third kappa shape index (κ3) is 6.53. The molecule has 0 aliphatic heterocycles. The standard InChI is InChI=1S/C14H18BrClN2O4/c1-14(2,3)22-13(21)17-7-11(12(19)20)18-8-4-5-10(16)9(15)6-8/h4-6,11,18H,7H2,1-3H3,(H,17,21)(H,19,20). The van der Waals surface area contributed by atoms with Gasteiger partial charge in [0.05, 0.1) is 11.6 Å². The minimum atomic E-state index is -1.10. The highest BCUT2D eigenvalue weighted by Crippen LogP contribution is 2.25. The smallest absolute Gasteiger partial charge is 0.407 e. The Morgan fingerprint density at radius 1 is 1.41 bits per heavy atom. The van der Waals surface area contributed by atoms with E-state index in [9.17, 15) is 14.7 Å². The van der Waals surface area contributed by atoms with Gasteiger partial charge in [-0.15, -0.1) is 0 Å². The van der Waals surface area contributed by atoms with Gasteiger partial charge < -0.3 is 20.5 Å². The zero-order valence-electron chi connectivity index (χ0n) is 12.4. The first kappa shape index (κ1) is 18.6. The summed E-state index contributed by atoms with van der Waals surface area (Å²) in [7, 11) is 0. The average molecular weight is 394 g/mol. The van der Waals surface area contributed by atoms with Crippen molar-refractivity contribution < 1.29 is 19.4 Å². The molecular weight excluding hydrogens is 376 g/mol. The number of nitrogens with one attached hydrogen (secondary N) is 2. The Bertz CT molecular complexity index is 560. The molecule has 0 aliphatic rings. The molecule has 0 aromatic heterocycles. The Kier molecular flexibility index (Phi) is 6.49. The molecule has 1 aromatic rings. The van der Waals surface area contributed by atoms with Crippen molar-refractivity contribution in [3.63, 3.8) is 0 Å². The molecular formula is C14H18BrClN2O4. The van der Waals surface area contributed by atoms with Gasteiger partial charge in [0.2, 0.25) is 0 Å². The summed E-state index contributed by atoms with van der Waals surface area (Å²) < 4.78 is 5.70. The molecule has 8 heteroatoms. The largest absolute Gasteiger partial charge is 0.480 e. The molecule has 0 saturated heterocycles. The maximum atomic E-state index is 11.6. The van der Waals surface area contributed by atoms with Crippen molar-refractivity contribution in [3.8, 4) is 0 Å². The summed E-state index contributed by atoms with van der Waals surface area (Å²) in [5.41, 5.74) is -0.0771. The van der Waals surface area contributed by atoms with Crippen molar-refractivity contribution in [1.82, 2.24) is 5.32 Å². The lowest BCUT2D eigenvalue weighted by atomic mass is 10.2. The molecule has 1 rings (SSSR count). The van der Waals surface area contributed by atoms with E-state index >= 15 is 0 Å². The zero-order valence-corrected chi connectivity index (χ0v) is 14.8. The minimum Gasteiger partial charge on any atom is -0.480 e. The number of hydrogen-bond donors (Lipinski definition) is 3. The lowest BCUT2D eigenvalue weighted by molar-refractivity contribution is -0.137. The molecule has 0 bridgehead atoms. The van der Waals surface area contributed by atoms with E-state index in [1.54, 1.807) is 39.0 Å². The molecule has 0 saturated carbocycles. The second-order valence-electron chi connectivity index (χ2n) is 5.55. The number of carboxylic acids is 1. The quantitative estimate of drug-likeness (QED) is 0.713. The van der Waals surface area contributed by atoms with Crippen LogP contribution in [0.25, 0.3) is 0 Å². The summed E-state index contributed by atoms with van der Waals surface area (Å²) in [6.07, 6.45) is -0.669. The van der Waals surface area contributed by atoms with Gasteiger partial charge in [0.1, 0.15) is 11.6 Å². The number of hydrogen-bond acceptors (Lipinski definition) is 4. The van der Waals surface area contributed by atoms with Crippen LogP contribution in [0.4, 0.5) is 10.5 Å². The van der Waals surface area contributed by atoms with Crippen LogP contribution in [0.5, 0.6) is 0 Å². The number of rotatable bonds is 5. The predicted octanol–water partition coefficient (Wildman–Crippen LogP) is 3.49. The number of carbonyl (C=O) groups is 2. The normalized spacial score (nSPS) is 12.4. The number of anilines is 1. The molecule has 0 spiro atoms. The van der Waals surface area contributed by atoms with E-state index in [0.717, 1.165) is 0 Å². The van der Waals surface area contributed by atoms with E-state index < -0.39 is 23.7 Å². The van der Waals surface area contributed by atoms with E-state index in [2.05, 4.69) is 26.6 Å². The van der Waals surface area contributed by atoms with Crippen LogP contribution >= 0.6 is 27.5 Å². The van der Waals surface area contributed by atoms with Gasteiger partial charge in [0.25, 0.3) is 0 Å². The van der Waals surface area contributed by atoms with E-state index in [1.165, 1.54) is 0 Å². The molecule has 3 N–H and O–H groups in total. The summed E-state index contributed by atoms with van der Waals surface area (Å²) in [4.78, 5) is 22.8. The second-order valence-corrected chi connectivity index (χ2v) is 6.81. The lowest BCUT2D eigenvalue weighted by Crippen LogP contribution is -2.43. The monoisotopic (exact) mass is 392 g/mol. The average Bonchev–Trinajstić information content (AvgIpc) is 2.36. The van der Waals surface area contributed by atoms with Crippen molar-refractivity contribution in [3.05, 3.63) is 27.7 Å². The summed E-state index contributed by atoms with van der Waals surface area (Å²) in [6, 6.07) is 3.94. The number of alkyl carbamates (subject to hydrolysis) is 1. The number of amides is 1. The SMILES string of the molecule is CC(C)(C)OC(=O)NCC(Nc1ccc(Cl)c(Br)c1)C(=O)O. The van der Waals surface area contributed by atoms with Crippen LogP contribution in [0.1, 0.15) is 20.8 Å². The van der Waals surface area contributed by atoms with Gasteiger partial charge in [-0.2, -0.15) is 0 Å². The number of benzene rings is 1. The Morgan fingerprint density at radius 3 is 2.55 bits per heavy atom. The van der Waals surface area contributed by atoms with E-state index in [1.807, 2.05) is 0 Å². The zero-order chi connectivity index (χ0) is 16.9. The van der Waals surface area contributed by atoms with Crippen molar-refractivity contribution in [2.75, 3.05) is 11.9 Å². The Hall–Kier alpha value is -1.47. The van der Waals surface area contributed by atoms with Crippen LogP contribution in [-0.2, 0) is 9.53 Å². The highest BCUT2D eigenvalue weighted by Gasteiger charge is 2.21. The highest BCUT2D eigenvalue weighted by molar-refractivity contribution is 9.10. The van der Waals surface area contributed by atoms with Crippen LogP contribution in [0.2, 0.25) is 5.02 Å². The van der Waals surface area contributed by atoms with Gasteiger partial charge in [0, 0.05) is 10.2 Å². The first-order valence-electron chi connectivity index (χ1n) is 6.50. The van der Waals surface area contributed by atoms with Crippen molar-refractivity contribution >= 4 is 45.3 Å². The Balaban J connectivity index is 2.64. The summed E-state index contributed by atoms with van der Waals surface area (Å²) >= 11 is 9.14. The van der Waals surface area contributed by atoms with Crippen molar-refractivity contribution in [2.24, 2.45) is 0 Å². The molecule has 1 amide bonds. The highest BCUT2D eigenvalue weighted by atomic mass is 79.9. The van der Waals surface area contributed by atoms with E-state index in [0.29, 0.717) is 15.2 Å². The Morgan fingerprint density at radius 2 is 2.05 bits per heavy atom. The van der Waals surface area contributed by atoms with Crippen LogP contribution in [-0.4, -0.2) is 35.4 Å². The summed E-state index contributed by atoms with van der Waals surface area (Å²) in [5.74, 6) is -1.10. The number of carbonyl (C=O) groups excluding carboxylic acids is 1. The van der Waals surface area contributed by atoms with Gasteiger partial charge in [-0.25, -0.2) is 9.59 Å². The third-order valence-corrected chi connectivity index (χ3v) is 3.62. The maximum absolute atomic E-state index is 11.6. The number of carboxylic acid groups (broad SMARTS) is 1. The van der Waals surface area contributed by atoms with Crippen LogP contribution in [0.3, 0.4) is 0 Å². The molecule has 0 fully saturated rings. The molecule has 22 heavy (non-hydrogen) atoms. The van der Waals surface area contributed by atoms with Crippen LogP contribution in [0.15, 0.2) is 22.7 Å². The van der Waals surface area contributed by atoms with Gasteiger partial charge in [0.15, 0.2) is 0 Å². The van der Waals surface area contributed by atoms with Gasteiger partial charge in [-0.05, 0) is 54.9 Å². The van der Waals surface area contributed by atoms with E-state index in [4.69, 9.17) is 16.3 Å². The van der Waals surface area contributed by atoms with E-state index in [-0.39, 0.29) is 6.54 Å². The molecule has 1 aromatic carbocycles. The fourth-order valence-corrected chi connectivity index (χ4v) is 1.98. The third-order valence-electron chi connectivity index (χ3n) is 2.41. The first-order chi connectivity index (χ1) is 10.1. The van der Waals surface area contributed by atoms with Gasteiger partial charge >= 0.3 is 12.1 Å². The van der Waals surface area contributed by atoms with Gasteiger partial charge in [-0.3, -0.25) is 0 Å². The fourth-order valence-electron chi connectivity index (χ4n) is 1.49. The molecule has 1 atom stereocenters. The molecule has 0 heterocycles. The van der Waals surface area contributed by atoms with Crippen LogP contribution in [0, 0.1) is 0 Å². The summed E-state index contributed by atoms with van der Waals surface area (Å²) in [6.45, 7) is 5.06. The van der Waals surface area contributed by atoms with Gasteiger partial charge in [-0.1, -0.05) is 11.6 Å². The first-order valence-corrected chi connectivity index (χ1v) is 7.67. The molecule has 6 nitrogen and oxygen atoms in total. The van der Waals surface area contributed by atoms with Crippen molar-refractivity contribution in [1.29, 1.82) is 0 Å². The molecule has 122 valence electrons. The minimum absolute atomic E-state index is 0.121. The maximum Gasteiger partial charge on any atom is 0.407 e. The Labute approximate surface area is 142 Å². The topological polar surface area (TPSA) is 87.7 Å². The number of ether oxygens (including phenoxy) is 1. The fraction of sp³-hybridized carbons (Fsp3) is 0.429. The number of aliphatic carboxylic acids is 1. The van der Waals surface area contributed by atoms with Crippen LogP contribution < -0.4 is 10.6 Å². The number of halogens is 2. The second kappa shape index (κ2) is 7.69. The predicted molar refractivity (Wildman–Crippen MR) is 88.4 cm³/mol.